The van der Waals surface area contributed by atoms with Crippen molar-refractivity contribution in [3.8, 4) is 5.88 Å². The average molecular weight is 464 g/mol. The second-order valence-electron chi connectivity index (χ2n) is 8.55. The third-order valence-corrected chi connectivity index (χ3v) is 7.75. The predicted molar refractivity (Wildman–Crippen MR) is 126 cm³/mol. The van der Waals surface area contributed by atoms with E-state index in [1.54, 1.807) is 17.6 Å². The minimum Gasteiger partial charge on any atom is -0.493 e. The Labute approximate surface area is 189 Å². The third kappa shape index (κ3) is 4.96. The lowest BCUT2D eigenvalue weighted by Crippen LogP contribution is -2.46. The number of sulfonamides is 1. The number of hydrogen-bond acceptors (Lipinski definition) is 6. The summed E-state index contributed by atoms with van der Waals surface area (Å²) >= 11 is 0. The number of benzene rings is 1. The van der Waals surface area contributed by atoms with Crippen molar-refractivity contribution >= 4 is 21.4 Å². The van der Waals surface area contributed by atoms with Crippen LogP contribution in [-0.2, 0) is 29.5 Å². The van der Waals surface area contributed by atoms with Crippen LogP contribution in [0.4, 0.5) is 11.4 Å². The smallest absolute Gasteiger partial charge is 0.331 e. The van der Waals surface area contributed by atoms with Gasteiger partial charge in [-0.1, -0.05) is 6.07 Å². The van der Waals surface area contributed by atoms with Gasteiger partial charge < -0.3 is 10.0 Å². The number of anilines is 2. The Morgan fingerprint density at radius 1 is 1.06 bits per heavy atom. The van der Waals surface area contributed by atoms with Crippen LogP contribution in [0.25, 0.3) is 0 Å². The van der Waals surface area contributed by atoms with Gasteiger partial charge in [-0.25, -0.2) is 13.2 Å². The van der Waals surface area contributed by atoms with E-state index in [1.165, 1.54) is 4.57 Å². The number of hydrogen-bond donors (Lipinski definition) is 2. The lowest BCUT2D eigenvalue weighted by molar-refractivity contribution is 0.250. The summed E-state index contributed by atoms with van der Waals surface area (Å²) in [4.78, 5) is 17.1. The molecule has 0 bridgehead atoms. The maximum atomic E-state index is 12.4. The van der Waals surface area contributed by atoms with Gasteiger partial charge in [-0.3, -0.25) is 18.8 Å². The molecule has 2 aliphatic heterocycles. The number of imidazole rings is 1. The van der Waals surface area contributed by atoms with Crippen molar-refractivity contribution in [1.29, 1.82) is 0 Å². The van der Waals surface area contributed by atoms with Crippen LogP contribution in [0, 0.1) is 0 Å². The first kappa shape index (κ1) is 22.7. The SMILES string of the molecule is CCS(=O)(=O)Nc1cccc(N2CCN(CCCCn3c(O)c4n(c3=O)CCC4)CC2)c1. The summed E-state index contributed by atoms with van der Waals surface area (Å²) in [5.41, 5.74) is 2.34. The van der Waals surface area contributed by atoms with Gasteiger partial charge in [0, 0.05) is 45.0 Å². The second-order valence-corrected chi connectivity index (χ2v) is 10.6. The van der Waals surface area contributed by atoms with Crippen molar-refractivity contribution in [3.05, 3.63) is 40.4 Å². The molecule has 4 rings (SSSR count). The van der Waals surface area contributed by atoms with Crippen molar-refractivity contribution in [1.82, 2.24) is 14.0 Å². The molecule has 0 spiro atoms. The predicted octanol–water partition coefficient (Wildman–Crippen LogP) is 1.67. The van der Waals surface area contributed by atoms with E-state index in [0.29, 0.717) is 18.8 Å². The Balaban J connectivity index is 1.23. The molecule has 2 aromatic rings. The molecule has 0 aliphatic carbocycles. The summed E-state index contributed by atoms with van der Waals surface area (Å²) in [7, 11) is -3.28. The zero-order chi connectivity index (χ0) is 22.7. The number of nitrogens with one attached hydrogen (secondary N) is 1. The topological polar surface area (TPSA) is 99.8 Å². The Hall–Kier alpha value is -2.46. The number of fused-ring (bicyclic) bond motifs is 1. The molecule has 0 atom stereocenters. The standard InChI is InChI=1S/C22H33N5O4S/c1-2-32(30,31)23-18-7-5-8-19(17-18)25-15-13-24(14-16-25)10-3-4-11-27-21(28)20-9-6-12-26(20)22(27)29/h5,7-8,17,23,28H,2-4,6,9-16H2,1H3. The number of piperazine rings is 1. The first-order chi connectivity index (χ1) is 15.4. The summed E-state index contributed by atoms with van der Waals surface area (Å²) in [5, 5.41) is 10.3. The van der Waals surface area contributed by atoms with Gasteiger partial charge in [0.15, 0.2) is 0 Å². The largest absolute Gasteiger partial charge is 0.493 e. The van der Waals surface area contributed by atoms with Gasteiger partial charge in [-0.2, -0.15) is 0 Å². The van der Waals surface area contributed by atoms with E-state index in [9.17, 15) is 18.3 Å². The molecule has 0 radical (unpaired) electrons. The van der Waals surface area contributed by atoms with Gasteiger partial charge in [-0.15, -0.1) is 0 Å². The molecule has 2 N–H and O–H groups in total. The van der Waals surface area contributed by atoms with Crippen molar-refractivity contribution < 1.29 is 13.5 Å². The molecule has 10 heteroatoms. The molecule has 0 unspecified atom stereocenters. The monoisotopic (exact) mass is 463 g/mol. The third-order valence-electron chi connectivity index (χ3n) is 6.44. The van der Waals surface area contributed by atoms with E-state index in [2.05, 4.69) is 14.5 Å². The van der Waals surface area contributed by atoms with Crippen LogP contribution >= 0.6 is 0 Å². The minimum absolute atomic E-state index is 0.0527. The van der Waals surface area contributed by atoms with Crippen molar-refractivity contribution in [2.45, 2.75) is 45.7 Å². The van der Waals surface area contributed by atoms with Gasteiger partial charge >= 0.3 is 5.69 Å². The summed E-state index contributed by atoms with van der Waals surface area (Å²) in [5.74, 6) is 0.210. The summed E-state index contributed by atoms with van der Waals surface area (Å²) in [6, 6.07) is 7.56. The zero-order valence-corrected chi connectivity index (χ0v) is 19.5. The number of rotatable bonds is 9. The molecule has 9 nitrogen and oxygen atoms in total. The van der Waals surface area contributed by atoms with Gasteiger partial charge in [0.25, 0.3) is 0 Å². The summed E-state index contributed by atoms with van der Waals surface area (Å²) in [6.07, 6.45) is 3.55. The quantitative estimate of drug-likeness (QED) is 0.549. The van der Waals surface area contributed by atoms with Gasteiger partial charge in [0.05, 0.1) is 17.1 Å². The van der Waals surface area contributed by atoms with Crippen LogP contribution in [-0.4, -0.2) is 66.0 Å². The minimum atomic E-state index is -3.28. The van der Waals surface area contributed by atoms with Gasteiger partial charge in [0.1, 0.15) is 0 Å². The van der Waals surface area contributed by atoms with Gasteiger partial charge in [0.2, 0.25) is 15.9 Å². The van der Waals surface area contributed by atoms with Crippen molar-refractivity contribution in [2.75, 3.05) is 48.1 Å². The summed E-state index contributed by atoms with van der Waals surface area (Å²) < 4.78 is 29.5. The molecule has 2 aliphatic rings. The highest BCUT2D eigenvalue weighted by molar-refractivity contribution is 7.92. The number of unbranched alkanes of at least 4 members (excludes halogenated alkanes) is 1. The van der Waals surface area contributed by atoms with Crippen LogP contribution in [0.5, 0.6) is 5.88 Å². The molecule has 1 saturated heterocycles. The molecule has 1 aromatic carbocycles. The van der Waals surface area contributed by atoms with E-state index in [-0.39, 0.29) is 17.3 Å². The van der Waals surface area contributed by atoms with E-state index in [4.69, 9.17) is 0 Å². The van der Waals surface area contributed by atoms with Crippen LogP contribution in [0.1, 0.15) is 31.9 Å². The van der Waals surface area contributed by atoms with E-state index in [1.807, 2.05) is 18.2 Å². The second kappa shape index (κ2) is 9.58. The zero-order valence-electron chi connectivity index (χ0n) is 18.7. The highest BCUT2D eigenvalue weighted by atomic mass is 32.2. The Bertz CT molecular complexity index is 1100. The molecule has 0 amide bonds. The number of nitrogens with zero attached hydrogens (tertiary/aromatic N) is 4. The van der Waals surface area contributed by atoms with Crippen LogP contribution in [0.2, 0.25) is 0 Å². The Morgan fingerprint density at radius 3 is 2.53 bits per heavy atom. The average Bonchev–Trinajstić information content (AvgIpc) is 3.36. The molecule has 1 aromatic heterocycles. The Kier molecular flexibility index (Phi) is 6.80. The molecular formula is C22H33N5O4S. The highest BCUT2D eigenvalue weighted by Crippen LogP contribution is 2.24. The van der Waals surface area contributed by atoms with Crippen LogP contribution in [0.15, 0.2) is 29.1 Å². The lowest BCUT2D eigenvalue weighted by atomic mass is 10.2. The van der Waals surface area contributed by atoms with Crippen molar-refractivity contribution in [3.63, 3.8) is 0 Å². The summed E-state index contributed by atoms with van der Waals surface area (Å²) in [6.45, 7) is 7.52. The maximum Gasteiger partial charge on any atom is 0.331 e. The Morgan fingerprint density at radius 2 is 1.81 bits per heavy atom. The molecule has 32 heavy (non-hydrogen) atoms. The number of aromatic hydroxyl groups is 1. The molecule has 0 saturated carbocycles. The first-order valence-electron chi connectivity index (χ1n) is 11.5. The lowest BCUT2D eigenvalue weighted by Gasteiger charge is -2.36. The first-order valence-corrected chi connectivity index (χ1v) is 13.1. The normalized spacial score (nSPS) is 17.0. The fourth-order valence-electron chi connectivity index (χ4n) is 4.56. The van der Waals surface area contributed by atoms with Crippen molar-refractivity contribution in [2.24, 2.45) is 0 Å². The highest BCUT2D eigenvalue weighted by Gasteiger charge is 2.23. The molecule has 3 heterocycles. The van der Waals surface area contributed by atoms with Crippen LogP contribution < -0.4 is 15.3 Å². The van der Waals surface area contributed by atoms with E-state index < -0.39 is 10.0 Å². The van der Waals surface area contributed by atoms with Gasteiger partial charge in [-0.05, 0) is 57.4 Å². The maximum absolute atomic E-state index is 12.4. The fourth-order valence-corrected chi connectivity index (χ4v) is 5.20. The van der Waals surface area contributed by atoms with Crippen LogP contribution in [0.3, 0.4) is 0 Å². The van der Waals surface area contributed by atoms with E-state index >= 15 is 0 Å². The van der Waals surface area contributed by atoms with E-state index in [0.717, 1.165) is 69.8 Å². The number of aromatic nitrogens is 2. The molecule has 176 valence electrons. The molecular weight excluding hydrogens is 430 g/mol. The fraction of sp³-hybridized carbons (Fsp3) is 0.591. The molecule has 1 fully saturated rings.